The predicted molar refractivity (Wildman–Crippen MR) is 131 cm³/mol. The van der Waals surface area contributed by atoms with Crippen LogP contribution in [0.3, 0.4) is 0 Å². The lowest BCUT2D eigenvalue weighted by Crippen LogP contribution is -3.00. The summed E-state index contributed by atoms with van der Waals surface area (Å²) in [5.41, 5.74) is 0. The molecule has 0 radical (unpaired) electrons. The Bertz CT molecular complexity index is 233. The molecule has 0 heterocycles. The van der Waals surface area contributed by atoms with E-state index in [9.17, 15) is 0 Å². The van der Waals surface area contributed by atoms with Gasteiger partial charge in [-0.25, -0.2) is 0 Å². The normalized spacial score (nSPS) is 11.1. The van der Waals surface area contributed by atoms with Crippen molar-refractivity contribution in [1.29, 1.82) is 0 Å². The van der Waals surface area contributed by atoms with Crippen LogP contribution >= 0.6 is 0 Å². The zero-order valence-corrected chi connectivity index (χ0v) is 22.5. The Labute approximate surface area is 193 Å². The first-order valence-corrected chi connectivity index (χ1v) is 14.7. The average Bonchev–Trinajstić information content (AvgIpc) is 2.69. The summed E-state index contributed by atoms with van der Waals surface area (Å²) in [6, 6.07) is 0. The van der Waals surface area contributed by atoms with Gasteiger partial charge in [-0.2, -0.15) is 0 Å². The monoisotopic (exact) mass is 478 g/mol. The van der Waals surface area contributed by atoms with Gasteiger partial charge in [-0.05, 0) is 43.5 Å². The number of unbranched alkanes of at least 4 members (excludes halogenated alkanes) is 18. The van der Waals surface area contributed by atoms with E-state index in [2.05, 4.69) is 20.8 Å². The fourth-order valence-electron chi connectivity index (χ4n) is 3.98. The van der Waals surface area contributed by atoms with Crippen LogP contribution in [0.1, 0.15) is 149 Å². The summed E-state index contributed by atoms with van der Waals surface area (Å²) in [7, 11) is 0.743. The van der Waals surface area contributed by atoms with Gasteiger partial charge in [0.15, 0.2) is 0 Å². The van der Waals surface area contributed by atoms with Gasteiger partial charge < -0.3 is 17.0 Å². The molecular weight excluding hydrogens is 424 g/mol. The Balaban J connectivity index is 0. The Morgan fingerprint density at radius 3 is 0.857 bits per heavy atom. The first kappa shape index (κ1) is 31.0. The van der Waals surface area contributed by atoms with Gasteiger partial charge in [0, 0.05) is 0 Å². The van der Waals surface area contributed by atoms with Crippen molar-refractivity contribution in [3.05, 3.63) is 0 Å². The van der Waals surface area contributed by atoms with Gasteiger partial charge in [0.1, 0.15) is 17.3 Å². The molecule has 0 atom stereocenters. The van der Waals surface area contributed by atoms with Gasteiger partial charge in [0.05, 0.1) is 0 Å². The summed E-state index contributed by atoms with van der Waals surface area (Å²) in [5.74, 6) is 4.50. The maximum absolute atomic E-state index is 2.43. The van der Waals surface area contributed by atoms with Crippen molar-refractivity contribution in [2.24, 2.45) is 0 Å². The zero-order chi connectivity index (χ0) is 19.8. The van der Waals surface area contributed by atoms with E-state index < -0.39 is 0 Å². The number of rotatable bonds is 23. The molecule has 0 aromatic rings. The van der Waals surface area contributed by atoms with Crippen LogP contribution in [0.2, 0.25) is 0 Å². The van der Waals surface area contributed by atoms with Gasteiger partial charge in [0.2, 0.25) is 0 Å². The first-order chi connectivity index (χ1) is 13.3. The fraction of sp³-hybridized carbons (Fsp3) is 1.00. The highest BCUT2D eigenvalue weighted by molar-refractivity contribution is 7.96. The molecule has 2 heteroatoms. The Morgan fingerprint density at radius 1 is 0.357 bits per heavy atom. The van der Waals surface area contributed by atoms with E-state index in [1.165, 1.54) is 146 Å². The van der Waals surface area contributed by atoms with Crippen molar-refractivity contribution < 1.29 is 17.0 Å². The van der Waals surface area contributed by atoms with Gasteiger partial charge in [-0.3, -0.25) is 0 Å². The molecule has 0 saturated heterocycles. The van der Waals surface area contributed by atoms with Crippen LogP contribution in [0, 0.1) is 0 Å². The SMILES string of the molecule is CCCCCCCCCCCC[S+](CC)CCCCCCCCCCCC.[Br-]. The third kappa shape index (κ3) is 24.9. The summed E-state index contributed by atoms with van der Waals surface area (Å²) in [5, 5.41) is 0. The predicted octanol–water partition coefficient (Wildman–Crippen LogP) is 6.47. The molecule has 0 aromatic heterocycles. The van der Waals surface area contributed by atoms with Crippen LogP contribution in [-0.4, -0.2) is 17.3 Å². The molecule has 0 aliphatic heterocycles. The molecule has 28 heavy (non-hydrogen) atoms. The van der Waals surface area contributed by atoms with Crippen LogP contribution < -0.4 is 17.0 Å². The summed E-state index contributed by atoms with van der Waals surface area (Å²) in [6.07, 6.45) is 29.4. The largest absolute Gasteiger partial charge is 1.00 e. The molecule has 0 amide bonds. The summed E-state index contributed by atoms with van der Waals surface area (Å²) >= 11 is 0. The minimum Gasteiger partial charge on any atom is -1.00 e. The lowest BCUT2D eigenvalue weighted by Gasteiger charge is -2.07. The van der Waals surface area contributed by atoms with Crippen LogP contribution in [0.4, 0.5) is 0 Å². The van der Waals surface area contributed by atoms with Crippen molar-refractivity contribution in [2.45, 2.75) is 149 Å². The van der Waals surface area contributed by atoms with Crippen molar-refractivity contribution in [3.63, 3.8) is 0 Å². The molecule has 0 aliphatic carbocycles. The zero-order valence-electron chi connectivity index (χ0n) is 20.0. The highest BCUT2D eigenvalue weighted by Gasteiger charge is 2.13. The maximum atomic E-state index is 2.43. The smallest absolute Gasteiger partial charge is 0.108 e. The molecule has 172 valence electrons. The highest BCUT2D eigenvalue weighted by atomic mass is 79.9. The summed E-state index contributed by atoms with van der Waals surface area (Å²) in [6.45, 7) is 7.04. The Morgan fingerprint density at radius 2 is 0.607 bits per heavy atom. The van der Waals surface area contributed by atoms with Crippen molar-refractivity contribution in [2.75, 3.05) is 17.3 Å². The van der Waals surface area contributed by atoms with Crippen molar-refractivity contribution in [1.82, 2.24) is 0 Å². The molecule has 0 saturated carbocycles. The van der Waals surface area contributed by atoms with E-state index in [1.54, 1.807) is 0 Å². The standard InChI is InChI=1S/C26H55S.BrH/c1-4-7-9-11-13-15-17-19-21-23-25-27(6-3)26-24-22-20-18-16-14-12-10-8-5-2;/h4-26H2,1-3H3;1H/q+1;/p-1. The first-order valence-electron chi connectivity index (χ1n) is 13.0. The van der Waals surface area contributed by atoms with Gasteiger partial charge >= 0.3 is 0 Å². The molecule has 0 nitrogen and oxygen atoms in total. The minimum atomic E-state index is 0. The van der Waals surface area contributed by atoms with Gasteiger partial charge in [-0.1, -0.05) is 117 Å². The van der Waals surface area contributed by atoms with Crippen molar-refractivity contribution in [3.8, 4) is 0 Å². The summed E-state index contributed by atoms with van der Waals surface area (Å²) in [4.78, 5) is 0. The molecular formula is C26H55BrS. The number of halogens is 1. The van der Waals surface area contributed by atoms with E-state index in [1.807, 2.05) is 0 Å². The molecule has 0 aromatic carbocycles. The number of hydrogen-bond donors (Lipinski definition) is 0. The lowest BCUT2D eigenvalue weighted by molar-refractivity contribution is -0.00000610. The second kappa shape index (κ2) is 27.8. The van der Waals surface area contributed by atoms with Gasteiger partial charge in [-0.15, -0.1) is 0 Å². The quantitative estimate of drug-likeness (QED) is 0.116. The molecule has 0 spiro atoms. The molecule has 0 bridgehead atoms. The molecule has 0 rings (SSSR count). The maximum Gasteiger partial charge on any atom is 0.108 e. The second-order valence-electron chi connectivity index (χ2n) is 8.67. The van der Waals surface area contributed by atoms with Gasteiger partial charge in [0.25, 0.3) is 0 Å². The summed E-state index contributed by atoms with van der Waals surface area (Å²) < 4.78 is 0. The molecule has 0 N–H and O–H groups in total. The van der Waals surface area contributed by atoms with E-state index in [4.69, 9.17) is 0 Å². The Kier molecular flexibility index (Phi) is 30.8. The van der Waals surface area contributed by atoms with Crippen LogP contribution in [0.25, 0.3) is 0 Å². The fourth-order valence-corrected chi connectivity index (χ4v) is 5.98. The second-order valence-corrected chi connectivity index (χ2v) is 11.3. The molecule has 0 unspecified atom stereocenters. The topological polar surface area (TPSA) is 0 Å². The van der Waals surface area contributed by atoms with Crippen molar-refractivity contribution >= 4 is 10.9 Å². The third-order valence-electron chi connectivity index (χ3n) is 5.98. The van der Waals surface area contributed by atoms with E-state index in [0.29, 0.717) is 0 Å². The van der Waals surface area contributed by atoms with E-state index in [0.717, 1.165) is 10.9 Å². The highest BCUT2D eigenvalue weighted by Crippen LogP contribution is 2.14. The average molecular weight is 480 g/mol. The number of hydrogen-bond acceptors (Lipinski definition) is 0. The molecule has 0 aliphatic rings. The third-order valence-corrected chi connectivity index (χ3v) is 8.53. The van der Waals surface area contributed by atoms with Crippen LogP contribution in [0.15, 0.2) is 0 Å². The van der Waals surface area contributed by atoms with Crippen LogP contribution in [0.5, 0.6) is 0 Å². The minimum absolute atomic E-state index is 0. The van der Waals surface area contributed by atoms with Crippen LogP contribution in [-0.2, 0) is 10.9 Å². The molecule has 0 fully saturated rings. The Hall–Kier alpha value is 0.830. The van der Waals surface area contributed by atoms with E-state index >= 15 is 0 Å². The van der Waals surface area contributed by atoms with E-state index in [-0.39, 0.29) is 17.0 Å². The lowest BCUT2D eigenvalue weighted by atomic mass is 10.1.